The number of carbonyl (C=O) groups excluding carboxylic acids is 2. The molecule has 4 N–H and O–H groups in total. The Kier molecular flexibility index (Phi) is 6.79. The van der Waals surface area contributed by atoms with E-state index in [1.807, 2.05) is 48.5 Å². The molecule has 1 fully saturated rings. The minimum absolute atomic E-state index is 0.0408. The van der Waals surface area contributed by atoms with Crippen LogP contribution in [0.5, 0.6) is 0 Å². The first kappa shape index (κ1) is 21.9. The van der Waals surface area contributed by atoms with Crippen molar-refractivity contribution in [1.82, 2.24) is 14.8 Å². The number of benzene rings is 2. The number of anilines is 3. The maximum absolute atomic E-state index is 12.4. The quantitative estimate of drug-likeness (QED) is 0.478. The van der Waals surface area contributed by atoms with E-state index in [2.05, 4.69) is 32.5 Å². The third-order valence-corrected chi connectivity index (χ3v) is 6.21. The standard InChI is InChI=1S/C23H26N6O2S/c1-28-11-13-29(14-12-28)10-4-7-19(30)26-22-20(21(24)31)27-23(32-22)25-18-9-8-16-5-2-3-6-17(16)15-18/h2-9,15H,10-14H2,1H3,(H2,24,31)(H,25,27)(H,26,30). The minimum Gasteiger partial charge on any atom is -0.364 e. The van der Waals surface area contributed by atoms with Gasteiger partial charge in [-0.3, -0.25) is 14.5 Å². The zero-order chi connectivity index (χ0) is 22.5. The number of piperazine rings is 1. The summed E-state index contributed by atoms with van der Waals surface area (Å²) in [5.74, 6) is -1.01. The highest BCUT2D eigenvalue weighted by molar-refractivity contribution is 7.20. The van der Waals surface area contributed by atoms with Gasteiger partial charge < -0.3 is 21.3 Å². The summed E-state index contributed by atoms with van der Waals surface area (Å²) >= 11 is 1.17. The highest BCUT2D eigenvalue weighted by atomic mass is 32.1. The van der Waals surface area contributed by atoms with E-state index in [9.17, 15) is 9.59 Å². The number of fused-ring (bicyclic) bond motifs is 1. The molecule has 1 aliphatic rings. The van der Waals surface area contributed by atoms with Crippen LogP contribution >= 0.6 is 11.3 Å². The van der Waals surface area contributed by atoms with Crippen molar-refractivity contribution < 1.29 is 9.59 Å². The second-order valence-electron chi connectivity index (χ2n) is 7.74. The second kappa shape index (κ2) is 9.90. The Morgan fingerprint density at radius 3 is 2.62 bits per heavy atom. The van der Waals surface area contributed by atoms with Crippen molar-refractivity contribution in [3.8, 4) is 0 Å². The van der Waals surface area contributed by atoms with Crippen LogP contribution in [0.25, 0.3) is 10.8 Å². The van der Waals surface area contributed by atoms with Gasteiger partial charge >= 0.3 is 0 Å². The zero-order valence-electron chi connectivity index (χ0n) is 17.9. The number of amides is 2. The fraction of sp³-hybridized carbons (Fsp3) is 0.261. The number of hydrogen-bond acceptors (Lipinski definition) is 7. The molecule has 0 bridgehead atoms. The van der Waals surface area contributed by atoms with E-state index in [1.165, 1.54) is 17.4 Å². The van der Waals surface area contributed by atoms with Crippen molar-refractivity contribution in [2.24, 2.45) is 5.73 Å². The normalized spacial score (nSPS) is 15.3. The maximum Gasteiger partial charge on any atom is 0.270 e. The van der Waals surface area contributed by atoms with Gasteiger partial charge in [-0.15, -0.1) is 0 Å². The lowest BCUT2D eigenvalue weighted by molar-refractivity contribution is -0.111. The van der Waals surface area contributed by atoms with E-state index in [1.54, 1.807) is 0 Å². The Hall–Kier alpha value is -3.27. The van der Waals surface area contributed by atoms with Crippen LogP contribution in [0.1, 0.15) is 10.5 Å². The van der Waals surface area contributed by atoms with E-state index in [4.69, 9.17) is 5.73 Å². The fourth-order valence-electron chi connectivity index (χ4n) is 3.51. The van der Waals surface area contributed by atoms with Gasteiger partial charge in [-0.1, -0.05) is 47.7 Å². The summed E-state index contributed by atoms with van der Waals surface area (Å²) in [7, 11) is 2.11. The van der Waals surface area contributed by atoms with Crippen molar-refractivity contribution in [1.29, 1.82) is 0 Å². The lowest BCUT2D eigenvalue weighted by Crippen LogP contribution is -2.44. The predicted molar refractivity (Wildman–Crippen MR) is 130 cm³/mol. The highest BCUT2D eigenvalue weighted by Crippen LogP contribution is 2.31. The Morgan fingerprint density at radius 1 is 1.12 bits per heavy atom. The van der Waals surface area contributed by atoms with Crippen LogP contribution in [0.15, 0.2) is 54.6 Å². The molecule has 0 atom stereocenters. The van der Waals surface area contributed by atoms with Gasteiger partial charge in [-0.25, -0.2) is 4.98 Å². The average molecular weight is 451 g/mol. The Balaban J connectivity index is 1.41. The molecule has 0 saturated carbocycles. The molecule has 0 spiro atoms. The monoisotopic (exact) mass is 450 g/mol. The Morgan fingerprint density at radius 2 is 1.88 bits per heavy atom. The van der Waals surface area contributed by atoms with Gasteiger partial charge in [0.2, 0.25) is 5.91 Å². The van der Waals surface area contributed by atoms with E-state index in [0.717, 1.165) is 42.6 Å². The van der Waals surface area contributed by atoms with Crippen LogP contribution in [0.4, 0.5) is 15.8 Å². The Labute approximate surface area is 190 Å². The lowest BCUT2D eigenvalue weighted by Gasteiger charge is -2.31. The molecule has 3 aromatic rings. The van der Waals surface area contributed by atoms with Crippen LogP contribution in [0, 0.1) is 0 Å². The molecule has 1 aliphatic heterocycles. The lowest BCUT2D eigenvalue weighted by atomic mass is 10.1. The maximum atomic E-state index is 12.4. The van der Waals surface area contributed by atoms with Crippen LogP contribution in [0.3, 0.4) is 0 Å². The number of primary amides is 1. The summed E-state index contributed by atoms with van der Waals surface area (Å²) in [4.78, 5) is 33.1. The number of thiazole rings is 1. The largest absolute Gasteiger partial charge is 0.364 e. The molecule has 1 saturated heterocycles. The SMILES string of the molecule is CN1CCN(CC=CC(=O)Nc2sc(Nc3ccc4ccccc4c3)nc2C(N)=O)CC1. The highest BCUT2D eigenvalue weighted by Gasteiger charge is 2.18. The molecule has 0 aliphatic carbocycles. The average Bonchev–Trinajstić information content (AvgIpc) is 3.17. The summed E-state index contributed by atoms with van der Waals surface area (Å²) in [5, 5.41) is 8.95. The van der Waals surface area contributed by atoms with Crippen LogP contribution in [-0.2, 0) is 4.79 Å². The smallest absolute Gasteiger partial charge is 0.270 e. The number of nitrogens with zero attached hydrogens (tertiary/aromatic N) is 3. The van der Waals surface area contributed by atoms with E-state index < -0.39 is 5.91 Å². The van der Waals surface area contributed by atoms with Crippen LogP contribution < -0.4 is 16.4 Å². The van der Waals surface area contributed by atoms with E-state index in [-0.39, 0.29) is 11.6 Å². The topological polar surface area (TPSA) is 104 Å². The van der Waals surface area contributed by atoms with Gasteiger partial charge in [0.25, 0.3) is 5.91 Å². The van der Waals surface area contributed by atoms with Crippen molar-refractivity contribution in [3.05, 3.63) is 60.3 Å². The molecular formula is C23H26N6O2S. The molecular weight excluding hydrogens is 424 g/mol. The summed E-state index contributed by atoms with van der Waals surface area (Å²) in [6.45, 7) is 4.72. The summed E-state index contributed by atoms with van der Waals surface area (Å²) < 4.78 is 0. The number of nitrogens with two attached hydrogens (primary N) is 1. The number of likely N-dealkylation sites (N-methyl/N-ethyl adjacent to an activating group) is 1. The third kappa shape index (κ3) is 5.50. The molecule has 0 radical (unpaired) electrons. The van der Waals surface area contributed by atoms with Crippen molar-refractivity contribution in [3.63, 3.8) is 0 Å². The summed E-state index contributed by atoms with van der Waals surface area (Å²) in [6, 6.07) is 14.0. The van der Waals surface area contributed by atoms with E-state index in [0.29, 0.717) is 16.7 Å². The second-order valence-corrected chi connectivity index (χ2v) is 8.74. The molecule has 166 valence electrons. The van der Waals surface area contributed by atoms with Gasteiger partial charge in [-0.2, -0.15) is 0 Å². The van der Waals surface area contributed by atoms with Gasteiger partial charge in [0.15, 0.2) is 10.8 Å². The molecule has 4 rings (SSSR count). The van der Waals surface area contributed by atoms with Crippen LogP contribution in [-0.4, -0.2) is 66.4 Å². The third-order valence-electron chi connectivity index (χ3n) is 5.33. The zero-order valence-corrected chi connectivity index (χ0v) is 18.7. The molecule has 1 aromatic heterocycles. The van der Waals surface area contributed by atoms with Gasteiger partial charge in [-0.05, 0) is 30.0 Å². The summed E-state index contributed by atoms with van der Waals surface area (Å²) in [6.07, 6.45) is 3.32. The van der Waals surface area contributed by atoms with Crippen molar-refractivity contribution in [2.45, 2.75) is 0 Å². The summed E-state index contributed by atoms with van der Waals surface area (Å²) in [5.41, 5.74) is 6.35. The molecule has 2 amide bonds. The fourth-order valence-corrected chi connectivity index (χ4v) is 4.40. The van der Waals surface area contributed by atoms with Crippen molar-refractivity contribution >= 4 is 49.7 Å². The molecule has 8 nitrogen and oxygen atoms in total. The predicted octanol–water partition coefficient (Wildman–Crippen LogP) is 2.88. The molecule has 2 aromatic carbocycles. The first-order chi connectivity index (χ1) is 15.5. The Bertz CT molecular complexity index is 1150. The first-order valence-corrected chi connectivity index (χ1v) is 11.2. The number of aromatic nitrogens is 1. The van der Waals surface area contributed by atoms with Gasteiger partial charge in [0.05, 0.1) is 0 Å². The van der Waals surface area contributed by atoms with Gasteiger partial charge in [0, 0.05) is 44.5 Å². The number of nitrogens with one attached hydrogen (secondary N) is 2. The van der Waals surface area contributed by atoms with Crippen LogP contribution in [0.2, 0.25) is 0 Å². The number of rotatable bonds is 7. The molecule has 0 unspecified atom stereocenters. The number of hydrogen-bond donors (Lipinski definition) is 3. The molecule has 2 heterocycles. The number of carbonyl (C=O) groups is 2. The minimum atomic E-state index is -0.690. The molecule has 9 heteroatoms. The molecule has 32 heavy (non-hydrogen) atoms. The van der Waals surface area contributed by atoms with Crippen molar-refractivity contribution in [2.75, 3.05) is 50.4 Å². The first-order valence-electron chi connectivity index (χ1n) is 10.4. The van der Waals surface area contributed by atoms with Gasteiger partial charge in [0.1, 0.15) is 5.00 Å². The van der Waals surface area contributed by atoms with E-state index >= 15 is 0 Å².